The summed E-state index contributed by atoms with van der Waals surface area (Å²) in [5, 5.41) is 0. The Balaban J connectivity index is 1.84. The maximum absolute atomic E-state index is 11.1. The van der Waals surface area contributed by atoms with Crippen molar-refractivity contribution in [2.24, 2.45) is 11.8 Å². The lowest BCUT2D eigenvalue weighted by molar-refractivity contribution is -0.140. The monoisotopic (exact) mass is 525 g/mol. The highest BCUT2D eigenvalue weighted by Crippen LogP contribution is 2.45. The van der Waals surface area contributed by atoms with Crippen molar-refractivity contribution in [1.29, 1.82) is 0 Å². The second kappa shape index (κ2) is 24.4. The van der Waals surface area contributed by atoms with Crippen LogP contribution in [0, 0.1) is 11.8 Å². The smallest absolute Gasteiger partial charge is 0.305 e. The Bertz CT molecular complexity index is 513. The minimum atomic E-state index is -0.0653. The lowest BCUT2D eigenvalue weighted by Gasteiger charge is -2.24. The van der Waals surface area contributed by atoms with Gasteiger partial charge in [0.2, 0.25) is 0 Å². The van der Waals surface area contributed by atoms with E-state index in [4.69, 9.17) is 14.2 Å². The molecule has 0 heterocycles. The normalized spacial score (nSPS) is 17.9. The van der Waals surface area contributed by atoms with Crippen molar-refractivity contribution in [2.45, 2.75) is 141 Å². The van der Waals surface area contributed by atoms with Gasteiger partial charge in [0.15, 0.2) is 0 Å². The molecule has 1 saturated carbocycles. The van der Waals surface area contributed by atoms with Crippen molar-refractivity contribution < 1.29 is 19.0 Å². The highest BCUT2D eigenvalue weighted by atomic mass is 16.5. The van der Waals surface area contributed by atoms with Gasteiger partial charge < -0.3 is 19.1 Å². The van der Waals surface area contributed by atoms with Crippen LogP contribution in [0.3, 0.4) is 0 Å². The summed E-state index contributed by atoms with van der Waals surface area (Å²) >= 11 is 0. The summed E-state index contributed by atoms with van der Waals surface area (Å²) in [5.74, 6) is 1.91. The van der Waals surface area contributed by atoms with Crippen LogP contribution < -0.4 is 0 Å². The third kappa shape index (κ3) is 20.9. The standard InChI is InChI=1S/C32H63NO4/c1-5-6-7-8-10-13-19-24-36-27-31(33(2)3)28-37-25-20-14-11-9-12-16-21-29-26-30(29)22-17-15-18-23-32(34)35-4/h29-31H,5-28H2,1-4H3. The average Bonchev–Trinajstić information content (AvgIpc) is 3.64. The van der Waals surface area contributed by atoms with Gasteiger partial charge in [-0.3, -0.25) is 4.79 Å². The van der Waals surface area contributed by atoms with Crippen LogP contribution in [-0.2, 0) is 19.0 Å². The van der Waals surface area contributed by atoms with Crippen molar-refractivity contribution in [1.82, 2.24) is 4.90 Å². The predicted molar refractivity (Wildman–Crippen MR) is 156 cm³/mol. The predicted octanol–water partition coefficient (Wildman–Crippen LogP) is 8.19. The van der Waals surface area contributed by atoms with Gasteiger partial charge in [-0.2, -0.15) is 0 Å². The number of hydrogen-bond acceptors (Lipinski definition) is 5. The number of carbonyl (C=O) groups excluding carboxylic acids is 1. The molecule has 3 atom stereocenters. The molecule has 5 heteroatoms. The van der Waals surface area contributed by atoms with E-state index in [0.29, 0.717) is 12.5 Å². The number of rotatable bonds is 28. The molecule has 0 spiro atoms. The van der Waals surface area contributed by atoms with Gasteiger partial charge in [0, 0.05) is 19.6 Å². The highest BCUT2D eigenvalue weighted by Gasteiger charge is 2.35. The van der Waals surface area contributed by atoms with Crippen LogP contribution in [0.2, 0.25) is 0 Å². The SMILES string of the molecule is CCCCCCCCCOCC(COCCCCCCCCC1CC1CCCCCC(=O)OC)N(C)C. The number of methoxy groups -OCH3 is 1. The molecule has 1 fully saturated rings. The first-order valence-corrected chi connectivity index (χ1v) is 16.0. The molecule has 0 N–H and O–H groups in total. The first kappa shape index (κ1) is 34.4. The molecule has 220 valence electrons. The Morgan fingerprint density at radius 1 is 0.703 bits per heavy atom. The molecule has 0 aliphatic heterocycles. The van der Waals surface area contributed by atoms with Gasteiger partial charge >= 0.3 is 5.97 Å². The Morgan fingerprint density at radius 3 is 1.65 bits per heavy atom. The van der Waals surface area contributed by atoms with Gasteiger partial charge in [-0.25, -0.2) is 0 Å². The van der Waals surface area contributed by atoms with Gasteiger partial charge in [0.1, 0.15) is 0 Å². The summed E-state index contributed by atoms with van der Waals surface area (Å²) in [6.45, 7) is 5.59. The van der Waals surface area contributed by atoms with Gasteiger partial charge in [-0.15, -0.1) is 0 Å². The molecule has 0 radical (unpaired) electrons. The van der Waals surface area contributed by atoms with Crippen LogP contribution in [0.15, 0.2) is 0 Å². The van der Waals surface area contributed by atoms with Crippen LogP contribution >= 0.6 is 0 Å². The fourth-order valence-corrected chi connectivity index (χ4v) is 5.24. The van der Waals surface area contributed by atoms with Crippen LogP contribution in [0.1, 0.15) is 135 Å². The van der Waals surface area contributed by atoms with Crippen molar-refractivity contribution in [2.75, 3.05) is 47.6 Å². The van der Waals surface area contributed by atoms with Gasteiger partial charge in [-0.05, 0) is 51.6 Å². The number of esters is 1. The zero-order valence-electron chi connectivity index (χ0n) is 25.3. The molecule has 0 bridgehead atoms. The Kier molecular flexibility index (Phi) is 22.7. The third-order valence-electron chi connectivity index (χ3n) is 8.11. The maximum Gasteiger partial charge on any atom is 0.305 e. The lowest BCUT2D eigenvalue weighted by Crippen LogP contribution is -2.37. The van der Waals surface area contributed by atoms with E-state index in [1.54, 1.807) is 0 Å². The number of likely N-dealkylation sites (N-methyl/N-ethyl adjacent to an activating group) is 1. The number of nitrogens with zero attached hydrogens (tertiary/aromatic N) is 1. The Labute approximate surface area is 230 Å². The van der Waals surface area contributed by atoms with Crippen molar-refractivity contribution in [3.8, 4) is 0 Å². The molecule has 37 heavy (non-hydrogen) atoms. The molecule has 0 aromatic rings. The molecule has 1 aliphatic rings. The molecule has 0 aromatic carbocycles. The van der Waals surface area contributed by atoms with E-state index in [1.165, 1.54) is 123 Å². The molecular weight excluding hydrogens is 462 g/mol. The Hall–Kier alpha value is -0.650. The zero-order chi connectivity index (χ0) is 27.0. The van der Waals surface area contributed by atoms with Gasteiger partial charge in [-0.1, -0.05) is 103 Å². The van der Waals surface area contributed by atoms with Crippen LogP contribution in [0.4, 0.5) is 0 Å². The average molecular weight is 526 g/mol. The van der Waals surface area contributed by atoms with E-state index in [0.717, 1.165) is 44.7 Å². The summed E-state index contributed by atoms with van der Waals surface area (Å²) in [7, 11) is 5.73. The molecule has 0 amide bonds. The van der Waals surface area contributed by atoms with E-state index >= 15 is 0 Å². The molecule has 1 aliphatic carbocycles. The molecule has 0 saturated heterocycles. The number of ether oxygens (including phenoxy) is 3. The number of unbranched alkanes of at least 4 members (excludes halogenated alkanes) is 13. The molecule has 1 rings (SSSR count). The van der Waals surface area contributed by atoms with E-state index in [9.17, 15) is 4.79 Å². The van der Waals surface area contributed by atoms with Crippen LogP contribution in [0.5, 0.6) is 0 Å². The van der Waals surface area contributed by atoms with Gasteiger partial charge in [0.25, 0.3) is 0 Å². The second-order valence-corrected chi connectivity index (χ2v) is 11.7. The van der Waals surface area contributed by atoms with E-state index in [1.807, 2.05) is 0 Å². The van der Waals surface area contributed by atoms with E-state index < -0.39 is 0 Å². The topological polar surface area (TPSA) is 48.0 Å². The minimum Gasteiger partial charge on any atom is -0.469 e. The Morgan fingerprint density at radius 2 is 1.16 bits per heavy atom. The van der Waals surface area contributed by atoms with Crippen molar-refractivity contribution >= 4 is 5.97 Å². The first-order chi connectivity index (χ1) is 18.1. The summed E-state index contributed by atoms with van der Waals surface area (Å²) in [6, 6.07) is 0.357. The largest absolute Gasteiger partial charge is 0.469 e. The second-order valence-electron chi connectivity index (χ2n) is 11.7. The highest BCUT2D eigenvalue weighted by molar-refractivity contribution is 5.68. The fraction of sp³-hybridized carbons (Fsp3) is 0.969. The lowest BCUT2D eigenvalue weighted by atomic mass is 10.0. The quantitative estimate of drug-likeness (QED) is 0.0761. The van der Waals surface area contributed by atoms with Crippen molar-refractivity contribution in [3.05, 3.63) is 0 Å². The molecule has 5 nitrogen and oxygen atoms in total. The van der Waals surface area contributed by atoms with Crippen molar-refractivity contribution in [3.63, 3.8) is 0 Å². The first-order valence-electron chi connectivity index (χ1n) is 16.0. The van der Waals surface area contributed by atoms with Crippen LogP contribution in [0.25, 0.3) is 0 Å². The minimum absolute atomic E-state index is 0.0653. The number of hydrogen-bond donors (Lipinski definition) is 0. The fourth-order valence-electron chi connectivity index (χ4n) is 5.24. The third-order valence-corrected chi connectivity index (χ3v) is 8.11. The number of carbonyl (C=O) groups is 1. The molecule has 0 aromatic heterocycles. The summed E-state index contributed by atoms with van der Waals surface area (Å²) in [5.41, 5.74) is 0. The van der Waals surface area contributed by atoms with E-state index in [-0.39, 0.29) is 5.97 Å². The maximum atomic E-state index is 11.1. The zero-order valence-corrected chi connectivity index (χ0v) is 25.3. The molecular formula is C32H63NO4. The summed E-state index contributed by atoms with van der Waals surface area (Å²) < 4.78 is 16.6. The summed E-state index contributed by atoms with van der Waals surface area (Å²) in [4.78, 5) is 13.4. The van der Waals surface area contributed by atoms with E-state index in [2.05, 4.69) is 25.9 Å². The summed E-state index contributed by atoms with van der Waals surface area (Å²) in [6.07, 6.45) is 25.6. The van der Waals surface area contributed by atoms with Gasteiger partial charge in [0.05, 0.1) is 26.4 Å². The van der Waals surface area contributed by atoms with Crippen LogP contribution in [-0.4, -0.2) is 64.5 Å². The molecule has 3 unspecified atom stereocenters.